The number of allylic oxidation sites excluding steroid dienone is 1. The molecular weight excluding hydrogens is 411 g/mol. The summed E-state index contributed by atoms with van der Waals surface area (Å²) in [7, 11) is 0. The van der Waals surface area contributed by atoms with Gasteiger partial charge in [0, 0.05) is 0 Å². The molecule has 0 aliphatic rings. The molecule has 0 atom stereocenters. The number of ether oxygens (including phenoxy) is 3. The summed E-state index contributed by atoms with van der Waals surface area (Å²) in [5.41, 5.74) is 0.628. The molecule has 7 heteroatoms. The highest BCUT2D eigenvalue weighted by Gasteiger charge is 2.14. The molecule has 0 fully saturated rings. The molecule has 0 bridgehead atoms. The highest BCUT2D eigenvalue weighted by Crippen LogP contribution is 2.35. The van der Waals surface area contributed by atoms with Crippen molar-refractivity contribution < 1.29 is 19.0 Å². The fourth-order valence-electron chi connectivity index (χ4n) is 1.66. The monoisotopic (exact) mass is 426 g/mol. The predicted octanol–water partition coefficient (Wildman–Crippen LogP) is 3.06. The van der Waals surface area contributed by atoms with Crippen LogP contribution in [0.2, 0.25) is 0 Å². The van der Waals surface area contributed by atoms with Crippen molar-refractivity contribution in [3.05, 3.63) is 26.8 Å². The van der Waals surface area contributed by atoms with Crippen LogP contribution in [0, 0.1) is 26.2 Å². The Morgan fingerprint density at radius 3 is 2.48 bits per heavy atom. The molecule has 0 amide bonds. The van der Waals surface area contributed by atoms with Crippen LogP contribution in [-0.2, 0) is 9.53 Å². The zero-order valence-corrected chi connectivity index (χ0v) is 14.9. The average molecular weight is 426 g/mol. The molecule has 0 N–H and O–H groups in total. The number of hydrogen-bond donors (Lipinski definition) is 0. The first kappa shape index (κ1) is 18.8. The Labute approximate surface area is 148 Å². The number of benzene rings is 1. The highest BCUT2D eigenvalue weighted by atomic mass is 127. The van der Waals surface area contributed by atoms with Gasteiger partial charge in [-0.2, -0.15) is 10.5 Å². The summed E-state index contributed by atoms with van der Waals surface area (Å²) in [6.45, 7) is 4.01. The molecule has 120 valence electrons. The average Bonchev–Trinajstić information content (AvgIpc) is 2.52. The molecule has 0 unspecified atom stereocenters. The van der Waals surface area contributed by atoms with E-state index in [9.17, 15) is 4.79 Å². The molecule has 0 aliphatic heterocycles. The fourth-order valence-corrected chi connectivity index (χ4v) is 2.45. The van der Waals surface area contributed by atoms with Crippen molar-refractivity contribution in [1.82, 2.24) is 0 Å². The molecule has 0 aromatic heterocycles. The van der Waals surface area contributed by atoms with E-state index in [-0.39, 0.29) is 18.8 Å². The first-order valence-electron chi connectivity index (χ1n) is 6.82. The van der Waals surface area contributed by atoms with Gasteiger partial charge in [0.2, 0.25) is 0 Å². The molecule has 1 aromatic rings. The molecule has 0 saturated heterocycles. The van der Waals surface area contributed by atoms with Gasteiger partial charge in [0.25, 0.3) is 0 Å². The summed E-state index contributed by atoms with van der Waals surface area (Å²) >= 11 is 2.04. The zero-order chi connectivity index (χ0) is 17.2. The van der Waals surface area contributed by atoms with E-state index in [4.69, 9.17) is 24.7 Å². The number of carbonyl (C=O) groups is 1. The van der Waals surface area contributed by atoms with E-state index >= 15 is 0 Å². The van der Waals surface area contributed by atoms with Crippen molar-refractivity contribution >= 4 is 34.6 Å². The Morgan fingerprint density at radius 1 is 1.22 bits per heavy atom. The lowest BCUT2D eigenvalue weighted by Gasteiger charge is -2.14. The lowest BCUT2D eigenvalue weighted by molar-refractivity contribution is -0.145. The van der Waals surface area contributed by atoms with Crippen LogP contribution < -0.4 is 9.47 Å². The van der Waals surface area contributed by atoms with Crippen LogP contribution in [0.4, 0.5) is 0 Å². The van der Waals surface area contributed by atoms with Crippen LogP contribution in [-0.4, -0.2) is 25.8 Å². The van der Waals surface area contributed by atoms with Gasteiger partial charge >= 0.3 is 5.97 Å². The second kappa shape index (κ2) is 9.70. The first-order chi connectivity index (χ1) is 11.0. The topological polar surface area (TPSA) is 92.3 Å². The number of esters is 1. The van der Waals surface area contributed by atoms with Gasteiger partial charge in [-0.05, 0) is 60.2 Å². The van der Waals surface area contributed by atoms with E-state index in [0.717, 1.165) is 0 Å². The summed E-state index contributed by atoms with van der Waals surface area (Å²) in [4.78, 5) is 11.4. The number of nitrogens with zero attached hydrogens (tertiary/aromatic N) is 2. The van der Waals surface area contributed by atoms with Crippen molar-refractivity contribution in [3.8, 4) is 23.6 Å². The Kier molecular flexibility index (Phi) is 7.92. The van der Waals surface area contributed by atoms with Crippen LogP contribution in [0.3, 0.4) is 0 Å². The van der Waals surface area contributed by atoms with E-state index in [0.29, 0.717) is 27.2 Å². The second-order valence-corrected chi connectivity index (χ2v) is 5.30. The Morgan fingerprint density at radius 2 is 1.91 bits per heavy atom. The van der Waals surface area contributed by atoms with Crippen molar-refractivity contribution in [2.24, 2.45) is 0 Å². The molecule has 0 heterocycles. The van der Waals surface area contributed by atoms with Crippen LogP contribution >= 0.6 is 22.6 Å². The van der Waals surface area contributed by atoms with Crippen molar-refractivity contribution in [2.75, 3.05) is 19.8 Å². The summed E-state index contributed by atoms with van der Waals surface area (Å²) < 4.78 is 16.5. The maximum absolute atomic E-state index is 11.4. The second-order valence-electron chi connectivity index (χ2n) is 4.14. The van der Waals surface area contributed by atoms with Gasteiger partial charge in [-0.25, -0.2) is 4.79 Å². The minimum absolute atomic E-state index is 0.0107. The lowest BCUT2D eigenvalue weighted by atomic mass is 10.1. The third-order valence-corrected chi connectivity index (χ3v) is 3.32. The molecule has 6 nitrogen and oxygen atoms in total. The van der Waals surface area contributed by atoms with E-state index < -0.39 is 5.97 Å². The quantitative estimate of drug-likeness (QED) is 0.378. The number of rotatable bonds is 7. The number of hydrogen-bond acceptors (Lipinski definition) is 6. The SMILES string of the molecule is CCOC(=O)COc1c(I)cc(C=C(C#N)C#N)cc1OCC. The first-order valence-corrected chi connectivity index (χ1v) is 7.90. The minimum Gasteiger partial charge on any atom is -0.490 e. The van der Waals surface area contributed by atoms with E-state index in [1.54, 1.807) is 31.2 Å². The third kappa shape index (κ3) is 5.80. The van der Waals surface area contributed by atoms with Gasteiger partial charge in [-0.1, -0.05) is 0 Å². The van der Waals surface area contributed by atoms with Crippen molar-refractivity contribution in [2.45, 2.75) is 13.8 Å². The van der Waals surface area contributed by atoms with Gasteiger partial charge in [-0.3, -0.25) is 0 Å². The zero-order valence-electron chi connectivity index (χ0n) is 12.8. The van der Waals surface area contributed by atoms with Gasteiger partial charge in [0.15, 0.2) is 18.1 Å². The van der Waals surface area contributed by atoms with Crippen molar-refractivity contribution in [1.29, 1.82) is 10.5 Å². The maximum atomic E-state index is 11.4. The summed E-state index contributed by atoms with van der Waals surface area (Å²) in [6, 6.07) is 7.00. The normalized spacial score (nSPS) is 9.26. The molecule has 1 aromatic carbocycles. The number of carbonyl (C=O) groups excluding carboxylic acids is 1. The van der Waals surface area contributed by atoms with Crippen LogP contribution in [0.5, 0.6) is 11.5 Å². The summed E-state index contributed by atoms with van der Waals surface area (Å²) in [5.74, 6) is 0.393. The molecule has 0 saturated carbocycles. The van der Waals surface area contributed by atoms with E-state index in [1.807, 2.05) is 29.5 Å². The maximum Gasteiger partial charge on any atom is 0.344 e. The van der Waals surface area contributed by atoms with Gasteiger partial charge in [0.1, 0.15) is 17.7 Å². The van der Waals surface area contributed by atoms with Gasteiger partial charge in [0.05, 0.1) is 16.8 Å². The number of halogens is 1. The van der Waals surface area contributed by atoms with Gasteiger partial charge < -0.3 is 14.2 Å². The molecule has 23 heavy (non-hydrogen) atoms. The van der Waals surface area contributed by atoms with E-state index in [1.165, 1.54) is 6.08 Å². The van der Waals surface area contributed by atoms with Crippen LogP contribution in [0.25, 0.3) is 6.08 Å². The summed E-state index contributed by atoms with van der Waals surface area (Å²) in [6.07, 6.45) is 1.46. The molecule has 0 spiro atoms. The van der Waals surface area contributed by atoms with Crippen LogP contribution in [0.15, 0.2) is 17.7 Å². The molecular formula is C16H15IN2O4. The highest BCUT2D eigenvalue weighted by molar-refractivity contribution is 14.1. The standard InChI is InChI=1S/C16H15IN2O4/c1-3-21-14-7-11(5-12(8-18)9-19)6-13(17)16(14)23-10-15(20)22-4-2/h5-7H,3-4,10H2,1-2H3. The smallest absolute Gasteiger partial charge is 0.344 e. The third-order valence-electron chi connectivity index (χ3n) is 2.52. The Bertz CT molecular complexity index is 671. The number of nitriles is 2. The van der Waals surface area contributed by atoms with Gasteiger partial charge in [-0.15, -0.1) is 0 Å². The lowest BCUT2D eigenvalue weighted by Crippen LogP contribution is -2.15. The minimum atomic E-state index is -0.467. The van der Waals surface area contributed by atoms with Crippen molar-refractivity contribution in [3.63, 3.8) is 0 Å². The van der Waals surface area contributed by atoms with E-state index in [2.05, 4.69) is 0 Å². The largest absolute Gasteiger partial charge is 0.490 e. The fraction of sp³-hybridized carbons (Fsp3) is 0.312. The molecule has 1 rings (SSSR count). The van der Waals surface area contributed by atoms with Crippen LogP contribution in [0.1, 0.15) is 19.4 Å². The molecule has 0 aliphatic carbocycles. The Balaban J connectivity index is 3.12. The molecule has 0 radical (unpaired) electrons. The summed E-state index contributed by atoms with van der Waals surface area (Å²) in [5, 5.41) is 17.7. The Hall–Kier alpha value is -2.26. The predicted molar refractivity (Wildman–Crippen MR) is 91.7 cm³/mol.